The SMILES string of the molecule is O=C(COC(=O)CCc1cccs1)Nc1cccnc1Cl. The van der Waals surface area contributed by atoms with Crippen LogP contribution in [0.5, 0.6) is 0 Å². The summed E-state index contributed by atoms with van der Waals surface area (Å²) in [4.78, 5) is 28.1. The molecule has 21 heavy (non-hydrogen) atoms. The fourth-order valence-corrected chi connectivity index (χ4v) is 2.44. The second-order valence-electron chi connectivity index (χ2n) is 4.13. The maximum Gasteiger partial charge on any atom is 0.306 e. The van der Waals surface area contributed by atoms with Gasteiger partial charge in [0, 0.05) is 11.1 Å². The first kappa shape index (κ1) is 15.5. The number of ether oxygens (including phenoxy) is 1. The molecular weight excluding hydrogens is 312 g/mol. The van der Waals surface area contributed by atoms with Crippen molar-refractivity contribution in [3.05, 3.63) is 45.9 Å². The van der Waals surface area contributed by atoms with E-state index in [2.05, 4.69) is 10.3 Å². The summed E-state index contributed by atoms with van der Waals surface area (Å²) in [5.41, 5.74) is 0.388. The lowest BCUT2D eigenvalue weighted by atomic mass is 10.3. The van der Waals surface area contributed by atoms with Crippen LogP contribution in [0, 0.1) is 0 Å². The van der Waals surface area contributed by atoms with E-state index in [9.17, 15) is 9.59 Å². The minimum atomic E-state index is -0.450. The van der Waals surface area contributed by atoms with Gasteiger partial charge in [-0.3, -0.25) is 9.59 Å². The second kappa shape index (κ2) is 7.75. The topological polar surface area (TPSA) is 68.3 Å². The van der Waals surface area contributed by atoms with E-state index in [1.807, 2.05) is 17.5 Å². The summed E-state index contributed by atoms with van der Waals surface area (Å²) >= 11 is 7.39. The number of hydrogen-bond acceptors (Lipinski definition) is 5. The van der Waals surface area contributed by atoms with Crippen LogP contribution in [0.25, 0.3) is 0 Å². The van der Waals surface area contributed by atoms with Crippen molar-refractivity contribution in [2.75, 3.05) is 11.9 Å². The molecule has 1 amide bonds. The van der Waals surface area contributed by atoms with Gasteiger partial charge in [0.2, 0.25) is 0 Å². The van der Waals surface area contributed by atoms with Crippen molar-refractivity contribution >= 4 is 40.5 Å². The van der Waals surface area contributed by atoms with E-state index < -0.39 is 11.9 Å². The second-order valence-corrected chi connectivity index (χ2v) is 5.52. The molecule has 2 aromatic rings. The number of carbonyl (C=O) groups is 2. The van der Waals surface area contributed by atoms with Crippen LogP contribution in [0.15, 0.2) is 35.8 Å². The van der Waals surface area contributed by atoms with Crippen molar-refractivity contribution in [2.24, 2.45) is 0 Å². The highest BCUT2D eigenvalue weighted by Gasteiger charge is 2.10. The molecular formula is C14H13ClN2O3S. The highest BCUT2D eigenvalue weighted by Crippen LogP contribution is 2.17. The standard InChI is InChI=1S/C14H13ClN2O3S/c15-14-11(4-1-7-16-14)17-12(18)9-20-13(19)6-5-10-3-2-8-21-10/h1-4,7-8H,5-6,9H2,(H,17,18). The predicted octanol–water partition coefficient (Wildman–Crippen LogP) is 2.91. The van der Waals surface area contributed by atoms with E-state index in [0.717, 1.165) is 4.88 Å². The van der Waals surface area contributed by atoms with Gasteiger partial charge in [-0.1, -0.05) is 17.7 Å². The van der Waals surface area contributed by atoms with Crippen LogP contribution in [-0.4, -0.2) is 23.5 Å². The van der Waals surface area contributed by atoms with Gasteiger partial charge in [-0.15, -0.1) is 11.3 Å². The Balaban J connectivity index is 1.71. The number of pyridine rings is 1. The molecule has 2 rings (SSSR count). The molecule has 2 heterocycles. The van der Waals surface area contributed by atoms with Crippen LogP contribution in [-0.2, 0) is 20.7 Å². The minimum Gasteiger partial charge on any atom is -0.456 e. The molecule has 0 saturated heterocycles. The van der Waals surface area contributed by atoms with Crippen LogP contribution in [0.2, 0.25) is 5.15 Å². The molecule has 0 aliphatic rings. The molecule has 0 fully saturated rings. The maximum atomic E-state index is 11.6. The molecule has 0 aromatic carbocycles. The molecule has 0 aliphatic carbocycles. The third kappa shape index (κ3) is 5.17. The summed E-state index contributed by atoms with van der Waals surface area (Å²) < 4.78 is 4.90. The van der Waals surface area contributed by atoms with Crippen molar-refractivity contribution in [2.45, 2.75) is 12.8 Å². The van der Waals surface area contributed by atoms with Gasteiger partial charge in [0.05, 0.1) is 12.1 Å². The predicted molar refractivity (Wildman–Crippen MR) is 81.5 cm³/mol. The van der Waals surface area contributed by atoms with Crippen LogP contribution < -0.4 is 5.32 Å². The van der Waals surface area contributed by atoms with E-state index in [4.69, 9.17) is 16.3 Å². The van der Waals surface area contributed by atoms with Crippen LogP contribution in [0.4, 0.5) is 5.69 Å². The molecule has 0 atom stereocenters. The van der Waals surface area contributed by atoms with E-state index in [0.29, 0.717) is 12.1 Å². The lowest BCUT2D eigenvalue weighted by molar-refractivity contribution is -0.147. The summed E-state index contributed by atoms with van der Waals surface area (Å²) in [7, 11) is 0. The molecule has 0 saturated carbocycles. The quantitative estimate of drug-likeness (QED) is 0.655. The van der Waals surface area contributed by atoms with E-state index in [1.54, 1.807) is 23.5 Å². The number of amides is 1. The molecule has 0 spiro atoms. The number of esters is 1. The number of carbonyl (C=O) groups excluding carboxylic acids is 2. The number of aryl methyl sites for hydroxylation is 1. The summed E-state index contributed by atoms with van der Waals surface area (Å²) in [5.74, 6) is -0.856. The van der Waals surface area contributed by atoms with Crippen LogP contribution >= 0.6 is 22.9 Å². The molecule has 0 radical (unpaired) electrons. The number of aromatic nitrogens is 1. The van der Waals surface area contributed by atoms with Gasteiger partial charge in [0.25, 0.3) is 5.91 Å². The summed E-state index contributed by atoms with van der Waals surface area (Å²) in [6, 6.07) is 7.14. The molecule has 2 aromatic heterocycles. The number of thiophene rings is 1. The van der Waals surface area contributed by atoms with E-state index in [1.165, 1.54) is 6.20 Å². The van der Waals surface area contributed by atoms with Gasteiger partial charge in [-0.05, 0) is 30.0 Å². The molecule has 7 heteroatoms. The van der Waals surface area contributed by atoms with Gasteiger partial charge in [-0.2, -0.15) is 0 Å². The number of nitrogens with one attached hydrogen (secondary N) is 1. The highest BCUT2D eigenvalue weighted by molar-refractivity contribution is 7.09. The Hall–Kier alpha value is -1.92. The third-order valence-corrected chi connectivity index (χ3v) is 3.79. The largest absolute Gasteiger partial charge is 0.456 e. The first-order chi connectivity index (χ1) is 10.1. The zero-order valence-electron chi connectivity index (χ0n) is 11.0. The maximum absolute atomic E-state index is 11.6. The van der Waals surface area contributed by atoms with Gasteiger partial charge in [0.1, 0.15) is 0 Å². The number of anilines is 1. The number of halogens is 1. The monoisotopic (exact) mass is 324 g/mol. The normalized spacial score (nSPS) is 10.1. The average Bonchev–Trinajstić information content (AvgIpc) is 2.99. The Morgan fingerprint density at radius 3 is 2.90 bits per heavy atom. The average molecular weight is 325 g/mol. The first-order valence-corrected chi connectivity index (χ1v) is 7.49. The highest BCUT2D eigenvalue weighted by atomic mass is 35.5. The molecule has 0 bridgehead atoms. The molecule has 0 unspecified atom stereocenters. The lowest BCUT2D eigenvalue weighted by Gasteiger charge is -2.07. The summed E-state index contributed by atoms with van der Waals surface area (Å²) in [6.45, 7) is -0.339. The van der Waals surface area contributed by atoms with Gasteiger partial charge < -0.3 is 10.1 Å². The van der Waals surface area contributed by atoms with Gasteiger partial charge >= 0.3 is 5.97 Å². The summed E-state index contributed by atoms with van der Waals surface area (Å²) in [6.07, 6.45) is 2.39. The third-order valence-electron chi connectivity index (χ3n) is 2.55. The zero-order valence-corrected chi connectivity index (χ0v) is 12.6. The van der Waals surface area contributed by atoms with Gasteiger partial charge in [0.15, 0.2) is 11.8 Å². The van der Waals surface area contributed by atoms with Crippen molar-refractivity contribution in [1.82, 2.24) is 4.98 Å². The van der Waals surface area contributed by atoms with Crippen molar-refractivity contribution in [3.8, 4) is 0 Å². The minimum absolute atomic E-state index is 0.190. The van der Waals surface area contributed by atoms with E-state index >= 15 is 0 Å². The molecule has 0 aliphatic heterocycles. The number of hydrogen-bond donors (Lipinski definition) is 1. The fourth-order valence-electron chi connectivity index (χ4n) is 1.56. The number of nitrogens with zero attached hydrogens (tertiary/aromatic N) is 1. The lowest BCUT2D eigenvalue weighted by Crippen LogP contribution is -2.21. The van der Waals surface area contributed by atoms with Crippen molar-refractivity contribution in [1.29, 1.82) is 0 Å². The Morgan fingerprint density at radius 2 is 2.19 bits per heavy atom. The van der Waals surface area contributed by atoms with Crippen molar-refractivity contribution < 1.29 is 14.3 Å². The molecule has 110 valence electrons. The van der Waals surface area contributed by atoms with Crippen LogP contribution in [0.3, 0.4) is 0 Å². The Bertz CT molecular complexity index is 616. The van der Waals surface area contributed by atoms with Crippen LogP contribution in [0.1, 0.15) is 11.3 Å². The Kier molecular flexibility index (Phi) is 5.71. The fraction of sp³-hybridized carbons (Fsp3) is 0.214. The van der Waals surface area contributed by atoms with E-state index in [-0.39, 0.29) is 18.2 Å². The Morgan fingerprint density at radius 1 is 1.33 bits per heavy atom. The molecule has 5 nitrogen and oxygen atoms in total. The Labute approximate surface area is 130 Å². The number of rotatable bonds is 6. The smallest absolute Gasteiger partial charge is 0.306 e. The van der Waals surface area contributed by atoms with Gasteiger partial charge in [-0.25, -0.2) is 4.98 Å². The summed E-state index contributed by atoms with van der Waals surface area (Å²) in [5, 5.41) is 4.67. The zero-order chi connectivity index (χ0) is 15.1. The molecule has 1 N–H and O–H groups in total. The van der Waals surface area contributed by atoms with Crippen molar-refractivity contribution in [3.63, 3.8) is 0 Å². The first-order valence-electron chi connectivity index (χ1n) is 6.23.